The molecular weight excluding hydrogens is 236 g/mol. The summed E-state index contributed by atoms with van der Waals surface area (Å²) in [7, 11) is 0. The molecule has 0 amide bonds. The zero-order valence-corrected chi connectivity index (χ0v) is 10.1. The van der Waals surface area contributed by atoms with Crippen LogP contribution in [0.3, 0.4) is 0 Å². The van der Waals surface area contributed by atoms with Crippen LogP contribution in [0.25, 0.3) is 0 Å². The number of aryl methyl sites for hydroxylation is 1. The normalized spacial score (nSPS) is 12.4. The Kier molecular flexibility index (Phi) is 3.31. The van der Waals surface area contributed by atoms with Crippen LogP contribution >= 0.6 is 11.6 Å². The van der Waals surface area contributed by atoms with E-state index in [0.717, 1.165) is 11.1 Å². The monoisotopic (exact) mass is 248 g/mol. The van der Waals surface area contributed by atoms with Gasteiger partial charge in [0.1, 0.15) is 6.10 Å². The summed E-state index contributed by atoms with van der Waals surface area (Å²) in [5, 5.41) is 10.8. The van der Waals surface area contributed by atoms with Gasteiger partial charge in [0.25, 0.3) is 0 Å². The first-order valence-electron chi connectivity index (χ1n) is 5.22. The molecule has 0 aliphatic heterocycles. The highest BCUT2D eigenvalue weighted by atomic mass is 35.5. The van der Waals surface area contributed by atoms with Gasteiger partial charge < -0.3 is 10.8 Å². The van der Waals surface area contributed by atoms with E-state index in [4.69, 9.17) is 17.3 Å². The molecule has 1 aromatic carbocycles. The summed E-state index contributed by atoms with van der Waals surface area (Å²) in [5.74, 6) is 0. The Balaban J connectivity index is 2.40. The van der Waals surface area contributed by atoms with Crippen molar-refractivity contribution >= 4 is 17.3 Å². The molecule has 2 rings (SSSR count). The Bertz CT molecular complexity index is 543. The van der Waals surface area contributed by atoms with E-state index in [1.54, 1.807) is 30.6 Å². The Hall–Kier alpha value is -1.58. The lowest BCUT2D eigenvalue weighted by molar-refractivity contribution is 0.220. The minimum absolute atomic E-state index is 0.478. The van der Waals surface area contributed by atoms with E-state index in [2.05, 4.69) is 4.98 Å². The predicted molar refractivity (Wildman–Crippen MR) is 68.9 cm³/mol. The van der Waals surface area contributed by atoms with Gasteiger partial charge in [-0.25, -0.2) is 0 Å². The van der Waals surface area contributed by atoms with Crippen LogP contribution in [0.5, 0.6) is 0 Å². The molecule has 4 heteroatoms. The first-order chi connectivity index (χ1) is 8.08. The summed E-state index contributed by atoms with van der Waals surface area (Å²) >= 11 is 5.82. The molecule has 0 saturated heterocycles. The molecule has 0 fully saturated rings. The van der Waals surface area contributed by atoms with Crippen LogP contribution in [0, 0.1) is 6.92 Å². The van der Waals surface area contributed by atoms with Crippen molar-refractivity contribution in [2.75, 3.05) is 5.73 Å². The number of hydrogen-bond acceptors (Lipinski definition) is 3. The summed E-state index contributed by atoms with van der Waals surface area (Å²) in [6.07, 6.45) is 2.59. The Morgan fingerprint density at radius 1 is 1.29 bits per heavy atom. The zero-order chi connectivity index (χ0) is 12.4. The molecule has 0 bridgehead atoms. The standard InChI is InChI=1S/C13H13ClN2O/c1-8-4-9(7-16-6-8)13(17)11-3-2-10(14)5-12(11)15/h2-7,13,17H,15H2,1H3. The van der Waals surface area contributed by atoms with Crippen molar-refractivity contribution < 1.29 is 5.11 Å². The number of aromatic nitrogens is 1. The summed E-state index contributed by atoms with van der Waals surface area (Å²) < 4.78 is 0. The smallest absolute Gasteiger partial charge is 0.108 e. The summed E-state index contributed by atoms with van der Waals surface area (Å²) in [6, 6.07) is 6.94. The van der Waals surface area contributed by atoms with Crippen molar-refractivity contribution in [3.63, 3.8) is 0 Å². The van der Waals surface area contributed by atoms with Gasteiger partial charge >= 0.3 is 0 Å². The van der Waals surface area contributed by atoms with Crippen LogP contribution in [-0.4, -0.2) is 10.1 Å². The minimum Gasteiger partial charge on any atom is -0.398 e. The van der Waals surface area contributed by atoms with Crippen molar-refractivity contribution in [3.8, 4) is 0 Å². The topological polar surface area (TPSA) is 59.1 Å². The third-order valence-electron chi connectivity index (χ3n) is 2.56. The first-order valence-corrected chi connectivity index (χ1v) is 5.60. The van der Waals surface area contributed by atoms with Gasteiger partial charge in [-0.1, -0.05) is 23.7 Å². The maximum atomic E-state index is 10.2. The molecule has 1 heterocycles. The lowest BCUT2D eigenvalue weighted by Crippen LogP contribution is -2.04. The highest BCUT2D eigenvalue weighted by Gasteiger charge is 2.14. The highest BCUT2D eigenvalue weighted by Crippen LogP contribution is 2.28. The molecule has 2 aromatic rings. The molecule has 0 radical (unpaired) electrons. The van der Waals surface area contributed by atoms with E-state index in [1.807, 2.05) is 13.0 Å². The average molecular weight is 249 g/mol. The largest absolute Gasteiger partial charge is 0.398 e. The lowest BCUT2D eigenvalue weighted by atomic mass is 10.0. The molecule has 17 heavy (non-hydrogen) atoms. The number of hydrogen-bond donors (Lipinski definition) is 2. The quantitative estimate of drug-likeness (QED) is 0.804. The van der Waals surface area contributed by atoms with Crippen molar-refractivity contribution in [1.82, 2.24) is 4.98 Å². The second kappa shape index (κ2) is 4.73. The van der Waals surface area contributed by atoms with Crippen LogP contribution in [-0.2, 0) is 0 Å². The van der Waals surface area contributed by atoms with Crippen LogP contribution in [0.4, 0.5) is 5.69 Å². The van der Waals surface area contributed by atoms with Crippen molar-refractivity contribution in [3.05, 3.63) is 58.4 Å². The Labute approximate surface area is 105 Å². The first kappa shape index (κ1) is 11.9. The number of rotatable bonds is 2. The summed E-state index contributed by atoms with van der Waals surface area (Å²) in [6.45, 7) is 1.93. The number of anilines is 1. The molecule has 1 atom stereocenters. The molecule has 3 nitrogen and oxygen atoms in total. The SMILES string of the molecule is Cc1cncc(C(O)c2ccc(Cl)cc2N)c1. The molecule has 88 valence electrons. The van der Waals surface area contributed by atoms with Gasteiger partial charge in [-0.15, -0.1) is 0 Å². The third-order valence-corrected chi connectivity index (χ3v) is 2.79. The molecule has 3 N–H and O–H groups in total. The van der Waals surface area contributed by atoms with E-state index >= 15 is 0 Å². The maximum Gasteiger partial charge on any atom is 0.108 e. The highest BCUT2D eigenvalue weighted by molar-refractivity contribution is 6.30. The van der Waals surface area contributed by atoms with Crippen molar-refractivity contribution in [1.29, 1.82) is 0 Å². The van der Waals surface area contributed by atoms with Crippen LogP contribution < -0.4 is 5.73 Å². The van der Waals surface area contributed by atoms with Crippen LogP contribution in [0.1, 0.15) is 22.8 Å². The number of nitrogen functional groups attached to an aromatic ring is 1. The summed E-state index contributed by atoms with van der Waals surface area (Å²) in [5.41, 5.74) is 8.67. The number of halogens is 1. The molecule has 0 aliphatic carbocycles. The number of nitrogens with two attached hydrogens (primary N) is 1. The van der Waals surface area contributed by atoms with E-state index in [9.17, 15) is 5.11 Å². The van der Waals surface area contributed by atoms with Gasteiger partial charge in [-0.3, -0.25) is 4.98 Å². The number of aliphatic hydroxyl groups is 1. The molecule has 0 spiro atoms. The van der Waals surface area contributed by atoms with Gasteiger partial charge in [0.2, 0.25) is 0 Å². The number of pyridine rings is 1. The molecule has 1 unspecified atom stereocenters. The van der Waals surface area contributed by atoms with Gasteiger partial charge in [0.05, 0.1) is 0 Å². The second-order valence-corrected chi connectivity index (χ2v) is 4.41. The second-order valence-electron chi connectivity index (χ2n) is 3.97. The van der Waals surface area contributed by atoms with Gasteiger partial charge in [0.15, 0.2) is 0 Å². The number of nitrogens with zero attached hydrogens (tertiary/aromatic N) is 1. The predicted octanol–water partition coefficient (Wildman–Crippen LogP) is 2.71. The van der Waals surface area contributed by atoms with Crippen LogP contribution in [0.15, 0.2) is 36.7 Å². The molecular formula is C13H13ClN2O. The Morgan fingerprint density at radius 2 is 2.06 bits per heavy atom. The van der Waals surface area contributed by atoms with Gasteiger partial charge in [-0.2, -0.15) is 0 Å². The minimum atomic E-state index is -0.778. The molecule has 0 saturated carbocycles. The van der Waals surface area contributed by atoms with E-state index in [0.29, 0.717) is 16.3 Å². The lowest BCUT2D eigenvalue weighted by Gasteiger charge is -2.14. The number of benzene rings is 1. The summed E-state index contributed by atoms with van der Waals surface area (Å²) in [4.78, 5) is 4.05. The van der Waals surface area contributed by atoms with Gasteiger partial charge in [-0.05, 0) is 24.6 Å². The fraction of sp³-hybridized carbons (Fsp3) is 0.154. The number of aliphatic hydroxyl groups excluding tert-OH is 1. The molecule has 0 aliphatic rings. The maximum absolute atomic E-state index is 10.2. The Morgan fingerprint density at radius 3 is 2.71 bits per heavy atom. The van der Waals surface area contributed by atoms with E-state index < -0.39 is 6.10 Å². The van der Waals surface area contributed by atoms with Crippen molar-refractivity contribution in [2.45, 2.75) is 13.0 Å². The third kappa shape index (κ3) is 2.57. The van der Waals surface area contributed by atoms with Crippen LogP contribution in [0.2, 0.25) is 5.02 Å². The average Bonchev–Trinajstić information content (AvgIpc) is 2.28. The molecule has 1 aromatic heterocycles. The van der Waals surface area contributed by atoms with E-state index in [-0.39, 0.29) is 0 Å². The fourth-order valence-corrected chi connectivity index (χ4v) is 1.88. The fourth-order valence-electron chi connectivity index (χ4n) is 1.70. The van der Waals surface area contributed by atoms with Crippen molar-refractivity contribution in [2.24, 2.45) is 0 Å². The zero-order valence-electron chi connectivity index (χ0n) is 9.39. The van der Waals surface area contributed by atoms with E-state index in [1.165, 1.54) is 0 Å². The van der Waals surface area contributed by atoms with Gasteiger partial charge in [0, 0.05) is 34.2 Å².